The highest BCUT2D eigenvalue weighted by molar-refractivity contribution is 6.36. The maximum Gasteiger partial charge on any atom is 0.265 e. The first-order chi connectivity index (χ1) is 20.4. The number of rotatable bonds is 7. The van der Waals surface area contributed by atoms with E-state index >= 15 is 0 Å². The summed E-state index contributed by atoms with van der Waals surface area (Å²) in [5, 5.41) is 1.38. The maximum absolute atomic E-state index is 13.5. The van der Waals surface area contributed by atoms with E-state index in [1.165, 1.54) is 4.90 Å². The number of amides is 1. The number of nitrogens with zero attached hydrogens (tertiary/aromatic N) is 3. The quantitative estimate of drug-likeness (QED) is 0.196. The van der Waals surface area contributed by atoms with Gasteiger partial charge < -0.3 is 4.74 Å². The molecular formula is C33H23Cl2N3O4. The molecule has 0 unspecified atom stereocenters. The third-order valence-electron chi connectivity index (χ3n) is 6.97. The molecule has 6 rings (SSSR count). The summed E-state index contributed by atoms with van der Waals surface area (Å²) in [6.45, 7) is 0.0578. The predicted molar refractivity (Wildman–Crippen MR) is 166 cm³/mol. The second-order valence-corrected chi connectivity index (χ2v) is 10.5. The van der Waals surface area contributed by atoms with Crippen molar-refractivity contribution >= 4 is 57.6 Å². The van der Waals surface area contributed by atoms with Crippen LogP contribution in [0, 0.1) is 0 Å². The van der Waals surface area contributed by atoms with Gasteiger partial charge in [-0.05, 0) is 48.0 Å². The predicted octanol–water partition coefficient (Wildman–Crippen LogP) is 6.69. The van der Waals surface area contributed by atoms with Gasteiger partial charge in [-0.25, -0.2) is 4.98 Å². The van der Waals surface area contributed by atoms with E-state index in [0.717, 1.165) is 5.56 Å². The van der Waals surface area contributed by atoms with Crippen molar-refractivity contribution in [3.05, 3.63) is 129 Å². The number of para-hydroxylation sites is 3. The van der Waals surface area contributed by atoms with E-state index in [0.29, 0.717) is 49.3 Å². The summed E-state index contributed by atoms with van der Waals surface area (Å²) in [7, 11) is 0. The van der Waals surface area contributed by atoms with Gasteiger partial charge in [-0.2, -0.15) is 0 Å². The van der Waals surface area contributed by atoms with E-state index in [2.05, 4.69) is 0 Å². The number of hydrogen-bond donors (Lipinski definition) is 0. The van der Waals surface area contributed by atoms with Crippen molar-refractivity contribution in [1.82, 2.24) is 9.55 Å². The fraction of sp³-hybridized carbons (Fsp3) is 0.0909. The Hall–Kier alpha value is -4.72. The summed E-state index contributed by atoms with van der Waals surface area (Å²) >= 11 is 12.6. The topological polar surface area (TPSA) is 81.5 Å². The van der Waals surface area contributed by atoms with Crippen LogP contribution < -0.4 is 15.2 Å². The molecule has 9 heteroatoms. The molecule has 0 fully saturated rings. The van der Waals surface area contributed by atoms with Crippen molar-refractivity contribution < 1.29 is 14.3 Å². The van der Waals surface area contributed by atoms with Crippen LogP contribution in [0.2, 0.25) is 10.0 Å². The van der Waals surface area contributed by atoms with Crippen LogP contribution >= 0.6 is 23.2 Å². The molecule has 0 bridgehead atoms. The lowest BCUT2D eigenvalue weighted by atomic mass is 10.1. The molecule has 7 nitrogen and oxygen atoms in total. The molecule has 0 spiro atoms. The normalized spacial score (nSPS) is 12.9. The van der Waals surface area contributed by atoms with Crippen LogP contribution in [0.15, 0.2) is 102 Å². The zero-order chi connectivity index (χ0) is 29.2. The van der Waals surface area contributed by atoms with Gasteiger partial charge in [0.25, 0.3) is 11.5 Å². The number of hydrogen-bond acceptors (Lipinski definition) is 5. The van der Waals surface area contributed by atoms with Crippen molar-refractivity contribution in [3.8, 4) is 17.1 Å². The number of anilines is 1. The highest BCUT2D eigenvalue weighted by atomic mass is 35.5. The minimum Gasteiger partial charge on any atom is -0.482 e. The molecule has 1 amide bonds. The molecule has 1 aliphatic heterocycles. The van der Waals surface area contributed by atoms with Crippen molar-refractivity contribution in [2.24, 2.45) is 0 Å². The molecule has 42 heavy (non-hydrogen) atoms. The number of Topliss-reactive ketones (excluding diaryl/α,β-unsaturated/α-hetero) is 1. The zero-order valence-electron chi connectivity index (χ0n) is 22.2. The van der Waals surface area contributed by atoms with Gasteiger partial charge >= 0.3 is 0 Å². The Balaban J connectivity index is 1.22. The summed E-state index contributed by atoms with van der Waals surface area (Å²) in [5.41, 5.74) is 2.89. The minimum atomic E-state index is -0.265. The third kappa shape index (κ3) is 5.44. The smallest absolute Gasteiger partial charge is 0.265 e. The van der Waals surface area contributed by atoms with Crippen LogP contribution in [0.3, 0.4) is 0 Å². The van der Waals surface area contributed by atoms with Crippen LogP contribution in [0.5, 0.6) is 5.75 Å². The highest BCUT2D eigenvalue weighted by Crippen LogP contribution is 2.32. The molecule has 4 aromatic carbocycles. The molecule has 0 radical (unpaired) electrons. The number of allylic oxidation sites excluding steroid dienone is 1. The first-order valence-corrected chi connectivity index (χ1v) is 13.9. The second kappa shape index (κ2) is 11.6. The Labute approximate surface area is 251 Å². The number of benzene rings is 4. The van der Waals surface area contributed by atoms with Crippen molar-refractivity contribution in [2.75, 3.05) is 18.1 Å². The summed E-state index contributed by atoms with van der Waals surface area (Å²) in [6.07, 6.45) is 3.72. The van der Waals surface area contributed by atoms with Gasteiger partial charge in [0.15, 0.2) is 12.4 Å². The second-order valence-electron chi connectivity index (χ2n) is 9.68. The molecule has 1 aromatic heterocycles. The lowest BCUT2D eigenvalue weighted by molar-refractivity contribution is -0.121. The summed E-state index contributed by atoms with van der Waals surface area (Å²) in [6, 6.07) is 26.5. The largest absolute Gasteiger partial charge is 0.482 e. The van der Waals surface area contributed by atoms with Gasteiger partial charge in [-0.3, -0.25) is 23.9 Å². The highest BCUT2D eigenvalue weighted by Gasteiger charge is 2.27. The van der Waals surface area contributed by atoms with Crippen LogP contribution in [0.1, 0.15) is 15.9 Å². The van der Waals surface area contributed by atoms with Crippen LogP contribution in [0.4, 0.5) is 5.69 Å². The molecule has 0 saturated heterocycles. The van der Waals surface area contributed by atoms with Crippen LogP contribution in [0.25, 0.3) is 28.4 Å². The van der Waals surface area contributed by atoms with E-state index < -0.39 is 0 Å². The number of ketones is 1. The third-order valence-corrected chi connectivity index (χ3v) is 7.52. The van der Waals surface area contributed by atoms with E-state index in [1.54, 1.807) is 71.3 Å². The Bertz CT molecular complexity index is 1930. The van der Waals surface area contributed by atoms with Gasteiger partial charge in [0.05, 0.1) is 28.2 Å². The summed E-state index contributed by atoms with van der Waals surface area (Å²) < 4.78 is 7.04. The van der Waals surface area contributed by atoms with Gasteiger partial charge in [0.2, 0.25) is 0 Å². The molecule has 1 aliphatic rings. The van der Waals surface area contributed by atoms with Crippen molar-refractivity contribution in [1.29, 1.82) is 0 Å². The average Bonchev–Trinajstić information content (AvgIpc) is 3.00. The molecule has 0 atom stereocenters. The van der Waals surface area contributed by atoms with E-state index in [1.807, 2.05) is 36.4 Å². The lowest BCUT2D eigenvalue weighted by Crippen LogP contribution is -2.41. The molecule has 5 aromatic rings. The summed E-state index contributed by atoms with van der Waals surface area (Å²) in [5.74, 6) is 0.561. The van der Waals surface area contributed by atoms with Crippen LogP contribution in [-0.4, -0.2) is 34.4 Å². The van der Waals surface area contributed by atoms with Gasteiger partial charge in [0.1, 0.15) is 11.6 Å². The number of carbonyl (C=O) groups is 2. The molecule has 0 N–H and O–H groups in total. The Morgan fingerprint density at radius 1 is 0.929 bits per heavy atom. The van der Waals surface area contributed by atoms with Gasteiger partial charge in [0, 0.05) is 22.7 Å². The lowest BCUT2D eigenvalue weighted by Gasteiger charge is -2.28. The number of fused-ring (bicyclic) bond motifs is 2. The Morgan fingerprint density at radius 3 is 2.50 bits per heavy atom. The number of carbonyl (C=O) groups excluding carboxylic acids is 2. The number of ether oxygens (including phenoxy) is 1. The van der Waals surface area contributed by atoms with E-state index in [9.17, 15) is 14.4 Å². The average molecular weight is 596 g/mol. The molecular weight excluding hydrogens is 573 g/mol. The van der Waals surface area contributed by atoms with Gasteiger partial charge in [-0.15, -0.1) is 0 Å². The molecule has 0 saturated carbocycles. The first kappa shape index (κ1) is 27.4. The Morgan fingerprint density at radius 2 is 1.69 bits per heavy atom. The minimum absolute atomic E-state index is 0.0810. The monoisotopic (exact) mass is 595 g/mol. The first-order valence-electron chi connectivity index (χ1n) is 13.2. The molecule has 2 heterocycles. The van der Waals surface area contributed by atoms with Crippen molar-refractivity contribution in [3.63, 3.8) is 0 Å². The maximum atomic E-state index is 13.5. The Kier molecular flexibility index (Phi) is 7.61. The van der Waals surface area contributed by atoms with Crippen LogP contribution in [-0.2, 0) is 11.3 Å². The van der Waals surface area contributed by atoms with Crippen molar-refractivity contribution in [2.45, 2.75) is 6.54 Å². The SMILES string of the molecule is O=C(CN1C(=O)COc2ccccc21)c1ccc(/C=C/Cn2c(-c3ccc(Cl)cc3Cl)nc3ccccc3c2=O)cc1. The standard InChI is InChI=1S/C33H23Cl2N3O4/c34-23-15-16-24(26(35)18-23)32-36-27-8-2-1-7-25(27)33(41)37(32)17-5-6-21-11-13-22(14-12-21)29(39)19-38-28-9-3-4-10-30(28)42-20-31(38)40/h1-16,18H,17,19-20H2/b6-5+. The van der Waals surface area contributed by atoms with E-state index in [-0.39, 0.29) is 36.9 Å². The fourth-order valence-corrected chi connectivity index (χ4v) is 5.34. The van der Waals surface area contributed by atoms with Gasteiger partial charge in [-0.1, -0.05) is 83.9 Å². The zero-order valence-corrected chi connectivity index (χ0v) is 23.7. The summed E-state index contributed by atoms with van der Waals surface area (Å²) in [4.78, 5) is 45.2. The molecule has 208 valence electrons. The fourth-order valence-electron chi connectivity index (χ4n) is 4.85. The number of aromatic nitrogens is 2. The number of halogens is 2. The van der Waals surface area contributed by atoms with E-state index in [4.69, 9.17) is 32.9 Å². The molecule has 0 aliphatic carbocycles.